The topological polar surface area (TPSA) is 104 Å². The maximum Gasteiger partial charge on any atom is 0.329 e. The summed E-state index contributed by atoms with van der Waals surface area (Å²) in [5, 5.41) is 0. The van der Waals surface area contributed by atoms with E-state index in [4.69, 9.17) is 18.9 Å². The van der Waals surface area contributed by atoms with Crippen molar-refractivity contribution in [1.29, 1.82) is 0 Å². The largest absolute Gasteiger partial charge is 0.497 e. The third-order valence-electron chi connectivity index (χ3n) is 8.40. The Labute approximate surface area is 239 Å². The van der Waals surface area contributed by atoms with Crippen molar-refractivity contribution >= 4 is 28.5 Å². The van der Waals surface area contributed by atoms with Crippen LogP contribution in [0, 0.1) is 5.92 Å². The summed E-state index contributed by atoms with van der Waals surface area (Å²) in [6, 6.07) is 10.1. The monoisotopic (exact) mass is 566 g/mol. The van der Waals surface area contributed by atoms with Gasteiger partial charge in [0.1, 0.15) is 23.2 Å². The van der Waals surface area contributed by atoms with E-state index in [0.29, 0.717) is 22.5 Å². The van der Waals surface area contributed by atoms with Crippen LogP contribution >= 0.6 is 0 Å². The minimum Gasteiger partial charge on any atom is -0.497 e. The number of methoxy groups -OCH3 is 4. The van der Waals surface area contributed by atoms with Crippen LogP contribution in [0.1, 0.15) is 37.3 Å². The number of amides is 2. The number of piperidine rings is 2. The van der Waals surface area contributed by atoms with Crippen LogP contribution in [0.25, 0.3) is 11.0 Å². The van der Waals surface area contributed by atoms with Gasteiger partial charge in [-0.05, 0) is 49.1 Å². The number of rotatable bonds is 9. The fourth-order valence-electron chi connectivity index (χ4n) is 6.22. The van der Waals surface area contributed by atoms with Crippen molar-refractivity contribution in [3.05, 3.63) is 52.4 Å². The van der Waals surface area contributed by atoms with Crippen LogP contribution in [-0.2, 0) is 32.7 Å². The quantitative estimate of drug-likeness (QED) is 0.288. The lowest BCUT2D eigenvalue weighted by atomic mass is 9.95. The molecular weight excluding hydrogens is 528 g/mol. The van der Waals surface area contributed by atoms with Gasteiger partial charge < -0.3 is 23.8 Å². The summed E-state index contributed by atoms with van der Waals surface area (Å²) < 4.78 is 25.1. The summed E-state index contributed by atoms with van der Waals surface area (Å²) in [4.78, 5) is 43.9. The maximum absolute atomic E-state index is 13.8. The summed E-state index contributed by atoms with van der Waals surface area (Å²) in [6.07, 6.45) is 1.87. The molecule has 2 fully saturated rings. The molecule has 220 valence electrons. The molecule has 1 atom stereocenters. The first-order chi connectivity index (χ1) is 19.8. The SMILES string of the molecule is COc1ccc(CN2C(=O)CCC(n3c(=O)n(C)c4c(N5CCC(C(OC)OC)CC5)c(OC)ccc43)C2=O)cc1. The summed E-state index contributed by atoms with van der Waals surface area (Å²) in [7, 11) is 8.23. The number of carbonyl (C=O) groups is 2. The Kier molecular flexibility index (Phi) is 8.37. The number of hydrogen-bond acceptors (Lipinski definition) is 8. The van der Waals surface area contributed by atoms with Crippen LogP contribution in [0.4, 0.5) is 5.69 Å². The number of hydrogen-bond donors (Lipinski definition) is 0. The van der Waals surface area contributed by atoms with Crippen LogP contribution in [0.5, 0.6) is 11.5 Å². The molecule has 0 N–H and O–H groups in total. The van der Waals surface area contributed by atoms with E-state index in [9.17, 15) is 14.4 Å². The van der Waals surface area contributed by atoms with E-state index in [1.54, 1.807) is 56.8 Å². The Balaban J connectivity index is 1.49. The maximum atomic E-state index is 13.8. The molecule has 2 saturated heterocycles. The number of carbonyl (C=O) groups excluding carboxylic acids is 2. The van der Waals surface area contributed by atoms with Crippen molar-refractivity contribution in [2.24, 2.45) is 13.0 Å². The average molecular weight is 567 g/mol. The molecule has 0 bridgehead atoms. The van der Waals surface area contributed by atoms with E-state index in [1.807, 2.05) is 24.3 Å². The third-order valence-corrected chi connectivity index (χ3v) is 8.40. The molecule has 11 nitrogen and oxygen atoms in total. The Morgan fingerprint density at radius 1 is 0.878 bits per heavy atom. The van der Waals surface area contributed by atoms with Crippen LogP contribution < -0.4 is 20.1 Å². The number of imide groups is 1. The second kappa shape index (κ2) is 12.0. The van der Waals surface area contributed by atoms with Gasteiger partial charge in [-0.25, -0.2) is 4.79 Å². The molecule has 5 rings (SSSR count). The molecule has 2 aliphatic heterocycles. The molecule has 3 heterocycles. The minimum absolute atomic E-state index is 0.135. The van der Waals surface area contributed by atoms with Gasteiger partial charge in [-0.2, -0.15) is 0 Å². The Hall–Kier alpha value is -3.83. The van der Waals surface area contributed by atoms with E-state index < -0.39 is 6.04 Å². The summed E-state index contributed by atoms with van der Waals surface area (Å²) in [6.45, 7) is 1.60. The second-order valence-electron chi connectivity index (χ2n) is 10.6. The Bertz CT molecular complexity index is 1470. The lowest BCUT2D eigenvalue weighted by Gasteiger charge is -2.37. The smallest absolute Gasteiger partial charge is 0.329 e. The van der Waals surface area contributed by atoms with Crippen molar-refractivity contribution in [1.82, 2.24) is 14.0 Å². The highest BCUT2D eigenvalue weighted by Crippen LogP contribution is 2.40. The lowest BCUT2D eigenvalue weighted by Crippen LogP contribution is -2.47. The number of likely N-dealkylation sites (tertiary alicyclic amines) is 1. The van der Waals surface area contributed by atoms with Gasteiger partial charge in [-0.15, -0.1) is 0 Å². The number of anilines is 1. The molecule has 1 aromatic heterocycles. The van der Waals surface area contributed by atoms with Gasteiger partial charge >= 0.3 is 5.69 Å². The van der Waals surface area contributed by atoms with E-state index in [-0.39, 0.29) is 49.1 Å². The highest BCUT2D eigenvalue weighted by atomic mass is 16.7. The first-order valence-corrected chi connectivity index (χ1v) is 13.9. The molecule has 0 saturated carbocycles. The number of ether oxygens (including phenoxy) is 4. The highest BCUT2D eigenvalue weighted by molar-refractivity contribution is 6.01. The van der Waals surface area contributed by atoms with Gasteiger partial charge in [0.15, 0.2) is 6.29 Å². The molecule has 2 amide bonds. The first-order valence-electron chi connectivity index (χ1n) is 13.9. The average Bonchev–Trinajstić information content (AvgIpc) is 3.25. The summed E-state index contributed by atoms with van der Waals surface area (Å²) in [5.74, 6) is 0.984. The third kappa shape index (κ3) is 5.19. The van der Waals surface area contributed by atoms with Crippen LogP contribution in [0.3, 0.4) is 0 Å². The number of benzene rings is 2. The minimum atomic E-state index is -0.793. The zero-order valence-corrected chi connectivity index (χ0v) is 24.3. The van der Waals surface area contributed by atoms with Crippen molar-refractivity contribution in [3.63, 3.8) is 0 Å². The van der Waals surface area contributed by atoms with Gasteiger partial charge in [-0.3, -0.25) is 23.6 Å². The predicted octanol–water partition coefficient (Wildman–Crippen LogP) is 3.08. The molecule has 0 aliphatic carbocycles. The molecule has 0 spiro atoms. The number of aryl methyl sites for hydroxylation is 1. The molecule has 0 radical (unpaired) electrons. The highest BCUT2D eigenvalue weighted by Gasteiger charge is 2.38. The first kappa shape index (κ1) is 28.7. The van der Waals surface area contributed by atoms with Gasteiger partial charge in [0, 0.05) is 46.7 Å². The Morgan fingerprint density at radius 2 is 1.56 bits per heavy atom. The summed E-state index contributed by atoms with van der Waals surface area (Å²) >= 11 is 0. The van der Waals surface area contributed by atoms with Crippen molar-refractivity contribution in [2.75, 3.05) is 46.4 Å². The van der Waals surface area contributed by atoms with Crippen molar-refractivity contribution in [2.45, 2.75) is 44.6 Å². The fourth-order valence-corrected chi connectivity index (χ4v) is 6.22. The van der Waals surface area contributed by atoms with Crippen molar-refractivity contribution < 1.29 is 28.5 Å². The van der Waals surface area contributed by atoms with Crippen molar-refractivity contribution in [3.8, 4) is 11.5 Å². The van der Waals surface area contributed by atoms with E-state index in [2.05, 4.69) is 4.90 Å². The normalized spacial score (nSPS) is 18.5. The molecule has 3 aromatic rings. The van der Waals surface area contributed by atoms with E-state index in [0.717, 1.165) is 37.2 Å². The number of fused-ring (bicyclic) bond motifs is 1. The predicted molar refractivity (Wildman–Crippen MR) is 153 cm³/mol. The number of nitrogens with zero attached hydrogens (tertiary/aromatic N) is 4. The lowest BCUT2D eigenvalue weighted by molar-refractivity contribution is -0.151. The van der Waals surface area contributed by atoms with Gasteiger partial charge in [-0.1, -0.05) is 12.1 Å². The fraction of sp³-hybridized carbons (Fsp3) is 0.500. The van der Waals surface area contributed by atoms with E-state index >= 15 is 0 Å². The standard InChI is InChI=1S/C30H38N4O7/c1-31-26-22(10-12-24(39-3)27(26)32-16-14-20(15-17-32)29(40-4)41-5)34(30(31)37)23-11-13-25(35)33(28(23)36)18-19-6-8-21(38-2)9-7-19/h6-10,12,20,23,29H,11,13-18H2,1-5H3. The molecular formula is C30H38N4O7. The van der Waals surface area contributed by atoms with Gasteiger partial charge in [0.2, 0.25) is 5.91 Å². The van der Waals surface area contributed by atoms with Gasteiger partial charge in [0.05, 0.1) is 31.8 Å². The molecule has 41 heavy (non-hydrogen) atoms. The van der Waals surface area contributed by atoms with Crippen LogP contribution in [0.2, 0.25) is 0 Å². The zero-order chi connectivity index (χ0) is 29.3. The Morgan fingerprint density at radius 3 is 2.17 bits per heavy atom. The summed E-state index contributed by atoms with van der Waals surface area (Å²) in [5.41, 5.74) is 2.66. The van der Waals surface area contributed by atoms with Gasteiger partial charge in [0.25, 0.3) is 5.91 Å². The van der Waals surface area contributed by atoms with E-state index in [1.165, 1.54) is 4.90 Å². The second-order valence-corrected chi connectivity index (χ2v) is 10.6. The zero-order valence-electron chi connectivity index (χ0n) is 24.3. The molecule has 2 aliphatic rings. The molecule has 2 aromatic carbocycles. The number of aromatic nitrogens is 2. The van der Waals surface area contributed by atoms with Crippen LogP contribution in [-0.4, -0.2) is 73.7 Å². The molecule has 11 heteroatoms. The number of imidazole rings is 1. The molecule has 1 unspecified atom stereocenters. The van der Waals surface area contributed by atoms with Crippen LogP contribution in [0.15, 0.2) is 41.2 Å².